The highest BCUT2D eigenvalue weighted by atomic mass is 35.5. The molecule has 33 heavy (non-hydrogen) atoms. The van der Waals surface area contributed by atoms with Crippen molar-refractivity contribution in [1.29, 1.82) is 0 Å². The number of amides is 1. The molecule has 0 radical (unpaired) electrons. The molecule has 0 spiro atoms. The summed E-state index contributed by atoms with van der Waals surface area (Å²) in [5.41, 5.74) is 0.705. The van der Waals surface area contributed by atoms with Crippen LogP contribution < -0.4 is 10.2 Å². The number of Topliss-reactive ketones (excluding diaryl/α,β-unsaturated/α-hetero) is 1. The zero-order chi connectivity index (χ0) is 24.3. The molecule has 3 rings (SSSR count). The molecule has 2 atom stereocenters. The third-order valence-corrected chi connectivity index (χ3v) is 7.52. The highest BCUT2D eigenvalue weighted by molar-refractivity contribution is 7.17. The monoisotopic (exact) mass is 518 g/mol. The molecule has 2 aromatic heterocycles. The summed E-state index contributed by atoms with van der Waals surface area (Å²) in [5, 5.41) is 21.7. The summed E-state index contributed by atoms with van der Waals surface area (Å²) in [6.07, 6.45) is 0.468. The molecule has 1 saturated heterocycles. The maximum absolute atomic E-state index is 12.8. The first-order valence-corrected chi connectivity index (χ1v) is 11.7. The standard InChI is InChI=1S/C20H24Cl2N4O6S/c1-9-13(21)14(22)15(24-9)11(28)7-10-3-5-26(8-12(10)32-2)20-25-16(17(33-20)19(30)31)18(29)23-4-6-27/h10,12,24,27H,3-8H2,1-2H3,(H,23,29)(H,30,31). The molecular weight excluding hydrogens is 495 g/mol. The van der Waals surface area contributed by atoms with E-state index in [0.717, 1.165) is 11.3 Å². The van der Waals surface area contributed by atoms with Gasteiger partial charge in [0, 0.05) is 38.9 Å². The smallest absolute Gasteiger partial charge is 0.348 e. The molecule has 1 aliphatic rings. The first kappa shape index (κ1) is 25.4. The van der Waals surface area contributed by atoms with Gasteiger partial charge >= 0.3 is 5.97 Å². The van der Waals surface area contributed by atoms with Gasteiger partial charge in [-0.3, -0.25) is 9.59 Å². The molecule has 0 bridgehead atoms. The van der Waals surface area contributed by atoms with Crippen molar-refractivity contribution in [2.45, 2.75) is 25.9 Å². The van der Waals surface area contributed by atoms with Crippen LogP contribution in [-0.2, 0) is 4.74 Å². The predicted octanol–water partition coefficient (Wildman–Crippen LogP) is 2.62. The van der Waals surface area contributed by atoms with Crippen molar-refractivity contribution in [1.82, 2.24) is 15.3 Å². The van der Waals surface area contributed by atoms with Gasteiger partial charge in [-0.2, -0.15) is 0 Å². The summed E-state index contributed by atoms with van der Waals surface area (Å²) < 4.78 is 5.63. The number of aromatic carboxylic acids is 1. The maximum Gasteiger partial charge on any atom is 0.348 e. The number of thiazole rings is 1. The molecule has 0 aliphatic carbocycles. The highest BCUT2D eigenvalue weighted by Gasteiger charge is 2.34. The Morgan fingerprint density at radius 3 is 2.64 bits per heavy atom. The summed E-state index contributed by atoms with van der Waals surface area (Å²) in [6, 6.07) is 0. The largest absolute Gasteiger partial charge is 0.477 e. The minimum absolute atomic E-state index is 0.00844. The van der Waals surface area contributed by atoms with Crippen molar-refractivity contribution in [3.63, 3.8) is 0 Å². The number of carboxylic acid groups (broad SMARTS) is 1. The lowest BCUT2D eigenvalue weighted by Gasteiger charge is -2.37. The zero-order valence-electron chi connectivity index (χ0n) is 18.0. The first-order valence-electron chi connectivity index (χ1n) is 10.2. The van der Waals surface area contributed by atoms with Crippen LogP contribution in [0.3, 0.4) is 0 Å². The van der Waals surface area contributed by atoms with Crippen molar-refractivity contribution in [3.8, 4) is 0 Å². The number of rotatable bonds is 9. The average molecular weight is 519 g/mol. The van der Waals surface area contributed by atoms with E-state index in [1.807, 2.05) is 4.90 Å². The van der Waals surface area contributed by atoms with Crippen molar-refractivity contribution < 1.29 is 29.3 Å². The molecule has 10 nitrogen and oxygen atoms in total. The molecule has 2 aromatic rings. The Balaban J connectivity index is 1.74. The number of aryl methyl sites for hydroxylation is 1. The topological polar surface area (TPSA) is 145 Å². The molecule has 2 unspecified atom stereocenters. The fraction of sp³-hybridized carbons (Fsp3) is 0.500. The van der Waals surface area contributed by atoms with Crippen LogP contribution in [0.1, 0.15) is 49.2 Å². The lowest BCUT2D eigenvalue weighted by Crippen LogP contribution is -2.45. The lowest BCUT2D eigenvalue weighted by molar-refractivity contribution is 0.0375. The van der Waals surface area contributed by atoms with Crippen LogP contribution in [0.15, 0.2) is 0 Å². The number of aliphatic hydroxyl groups is 1. The van der Waals surface area contributed by atoms with Gasteiger partial charge < -0.3 is 30.2 Å². The lowest BCUT2D eigenvalue weighted by atomic mass is 9.88. The molecule has 13 heteroatoms. The fourth-order valence-corrected chi connectivity index (χ4v) is 5.11. The molecule has 1 fully saturated rings. The molecule has 0 aromatic carbocycles. The second kappa shape index (κ2) is 10.8. The van der Waals surface area contributed by atoms with E-state index in [4.69, 9.17) is 33.0 Å². The number of H-pyrrole nitrogens is 1. The van der Waals surface area contributed by atoms with Crippen molar-refractivity contribution in [3.05, 3.63) is 32.0 Å². The molecule has 180 valence electrons. The third kappa shape index (κ3) is 5.49. The van der Waals surface area contributed by atoms with Gasteiger partial charge in [-0.05, 0) is 19.3 Å². The van der Waals surface area contributed by atoms with Gasteiger partial charge in [0.1, 0.15) is 10.6 Å². The van der Waals surface area contributed by atoms with Crippen LogP contribution in [0.5, 0.6) is 0 Å². The van der Waals surface area contributed by atoms with Gasteiger partial charge in [0.15, 0.2) is 16.6 Å². The molecular formula is C20H24Cl2N4O6S. The predicted molar refractivity (Wildman–Crippen MR) is 124 cm³/mol. The number of aliphatic hydroxyl groups excluding tert-OH is 1. The Hall–Kier alpha value is -2.18. The fourth-order valence-electron chi connectivity index (χ4n) is 3.74. The van der Waals surface area contributed by atoms with Crippen LogP contribution in [0.4, 0.5) is 5.13 Å². The van der Waals surface area contributed by atoms with Crippen LogP contribution in [-0.4, -0.2) is 77.3 Å². The molecule has 3 heterocycles. The quantitative estimate of drug-likeness (QED) is 0.370. The van der Waals surface area contributed by atoms with Gasteiger partial charge in [0.05, 0.1) is 22.8 Å². The van der Waals surface area contributed by atoms with Crippen molar-refractivity contribution in [2.24, 2.45) is 5.92 Å². The minimum Gasteiger partial charge on any atom is -0.477 e. The Bertz CT molecular complexity index is 1060. The SMILES string of the molecule is COC1CN(c2nc(C(=O)NCCO)c(C(=O)O)s2)CCC1CC(=O)c1[nH]c(C)c(Cl)c1Cl. The van der Waals surface area contributed by atoms with E-state index in [9.17, 15) is 19.5 Å². The molecule has 1 aliphatic heterocycles. The highest BCUT2D eigenvalue weighted by Crippen LogP contribution is 2.34. The Labute approximate surface area is 203 Å². The van der Waals surface area contributed by atoms with E-state index in [1.54, 1.807) is 14.0 Å². The summed E-state index contributed by atoms with van der Waals surface area (Å²) in [4.78, 5) is 45.5. The second-order valence-electron chi connectivity index (χ2n) is 7.61. The number of carbonyl (C=O) groups excluding carboxylic acids is 2. The number of anilines is 1. The third-order valence-electron chi connectivity index (χ3n) is 5.47. The Morgan fingerprint density at radius 2 is 2.06 bits per heavy atom. The Morgan fingerprint density at radius 1 is 1.33 bits per heavy atom. The second-order valence-corrected chi connectivity index (χ2v) is 9.34. The van der Waals surface area contributed by atoms with E-state index < -0.39 is 11.9 Å². The van der Waals surface area contributed by atoms with Crippen LogP contribution >= 0.6 is 34.5 Å². The van der Waals surface area contributed by atoms with E-state index in [2.05, 4.69) is 15.3 Å². The molecule has 1 amide bonds. The number of halogens is 2. The van der Waals surface area contributed by atoms with Crippen LogP contribution in [0.25, 0.3) is 0 Å². The first-order chi connectivity index (χ1) is 15.7. The minimum atomic E-state index is -1.26. The number of carboxylic acids is 1. The number of hydrogen-bond donors (Lipinski definition) is 4. The number of aromatic nitrogens is 2. The van der Waals surface area contributed by atoms with E-state index in [0.29, 0.717) is 35.4 Å². The average Bonchev–Trinajstić information content (AvgIpc) is 3.35. The number of aromatic amines is 1. The van der Waals surface area contributed by atoms with Crippen molar-refractivity contribution >= 4 is 57.3 Å². The summed E-state index contributed by atoms with van der Waals surface area (Å²) in [7, 11) is 1.55. The van der Waals surface area contributed by atoms with Crippen LogP contribution in [0.2, 0.25) is 10.0 Å². The number of piperidine rings is 1. The maximum atomic E-state index is 12.8. The molecule has 0 saturated carbocycles. The van der Waals surface area contributed by atoms with Gasteiger partial charge in [-0.25, -0.2) is 9.78 Å². The number of hydrogen-bond acceptors (Lipinski definition) is 8. The number of ketones is 1. The van der Waals surface area contributed by atoms with Crippen molar-refractivity contribution in [2.75, 3.05) is 38.3 Å². The number of carbonyl (C=O) groups is 3. The van der Waals surface area contributed by atoms with Gasteiger partial charge in [0.2, 0.25) is 0 Å². The van der Waals surface area contributed by atoms with E-state index in [-0.39, 0.29) is 58.7 Å². The number of nitrogens with zero attached hydrogens (tertiary/aromatic N) is 2. The zero-order valence-corrected chi connectivity index (χ0v) is 20.3. The molecule has 4 N–H and O–H groups in total. The number of methoxy groups -OCH3 is 1. The Kier molecular flexibility index (Phi) is 8.35. The van der Waals surface area contributed by atoms with Gasteiger partial charge in [-0.1, -0.05) is 34.5 Å². The van der Waals surface area contributed by atoms with E-state index >= 15 is 0 Å². The number of nitrogens with one attached hydrogen (secondary N) is 2. The summed E-state index contributed by atoms with van der Waals surface area (Å²) in [6.45, 7) is 2.33. The summed E-state index contributed by atoms with van der Waals surface area (Å²) in [5.74, 6) is -2.18. The normalized spacial score (nSPS) is 18.4. The van der Waals surface area contributed by atoms with E-state index in [1.165, 1.54) is 0 Å². The van der Waals surface area contributed by atoms with Gasteiger partial charge in [-0.15, -0.1) is 0 Å². The number of ether oxygens (including phenoxy) is 1. The van der Waals surface area contributed by atoms with Gasteiger partial charge in [0.25, 0.3) is 5.91 Å². The summed E-state index contributed by atoms with van der Waals surface area (Å²) >= 11 is 13.2. The van der Waals surface area contributed by atoms with Crippen LogP contribution in [0, 0.1) is 12.8 Å².